The number of carbonyl (C=O) groups excluding carboxylic acids is 1. The summed E-state index contributed by atoms with van der Waals surface area (Å²) in [7, 11) is 3.87. The molecule has 142 valence electrons. The molecule has 4 aromatic rings. The molecule has 28 heavy (non-hydrogen) atoms. The topological polar surface area (TPSA) is 73.8 Å². The molecule has 0 atom stereocenters. The standard InChI is InChI=1S/C20H21N7O/c1-13(28)26-7-6-18-16(11-26)20(23-25(18)3)27-12-21-17-8-14(4-5-19(17)27)15-9-22-24(2)10-15/h4-5,8-10,12H,6-7,11H2,1-3H3. The zero-order chi connectivity index (χ0) is 19.4. The summed E-state index contributed by atoms with van der Waals surface area (Å²) >= 11 is 0. The molecule has 0 spiro atoms. The minimum atomic E-state index is 0.0945. The molecule has 4 heterocycles. The highest BCUT2D eigenvalue weighted by Crippen LogP contribution is 2.29. The SMILES string of the molecule is CC(=O)N1CCc2c(c(-n3cnc4cc(-c5cnn(C)c5)ccc43)nn2C)C1. The van der Waals surface area contributed by atoms with E-state index in [4.69, 9.17) is 5.10 Å². The number of nitrogens with zero attached hydrogens (tertiary/aromatic N) is 7. The van der Waals surface area contributed by atoms with Crippen molar-refractivity contribution in [3.8, 4) is 16.9 Å². The fraction of sp³-hybridized carbons (Fsp3) is 0.300. The van der Waals surface area contributed by atoms with Crippen molar-refractivity contribution < 1.29 is 4.79 Å². The molecule has 0 saturated heterocycles. The Balaban J connectivity index is 1.60. The lowest BCUT2D eigenvalue weighted by Gasteiger charge is -2.26. The van der Waals surface area contributed by atoms with Gasteiger partial charge in [0.25, 0.3) is 0 Å². The van der Waals surface area contributed by atoms with Crippen molar-refractivity contribution in [2.45, 2.75) is 19.9 Å². The van der Waals surface area contributed by atoms with Gasteiger partial charge in [-0.25, -0.2) is 4.98 Å². The summed E-state index contributed by atoms with van der Waals surface area (Å²) in [5, 5.41) is 9.00. The number of hydrogen-bond donors (Lipinski definition) is 0. The highest BCUT2D eigenvalue weighted by Gasteiger charge is 2.26. The normalized spacial score (nSPS) is 13.9. The molecule has 3 aromatic heterocycles. The van der Waals surface area contributed by atoms with Crippen LogP contribution in [0.25, 0.3) is 28.0 Å². The number of benzene rings is 1. The molecule has 0 saturated carbocycles. The number of imidazole rings is 1. The van der Waals surface area contributed by atoms with E-state index in [0.29, 0.717) is 6.54 Å². The Bertz CT molecular complexity index is 1210. The number of rotatable bonds is 2. The Morgan fingerprint density at radius 1 is 1.18 bits per heavy atom. The summed E-state index contributed by atoms with van der Waals surface area (Å²) in [5.74, 6) is 0.942. The van der Waals surface area contributed by atoms with Crippen molar-refractivity contribution in [1.29, 1.82) is 0 Å². The van der Waals surface area contributed by atoms with E-state index in [1.54, 1.807) is 11.6 Å². The van der Waals surface area contributed by atoms with Gasteiger partial charge in [0.15, 0.2) is 5.82 Å². The van der Waals surface area contributed by atoms with Crippen LogP contribution in [0.5, 0.6) is 0 Å². The largest absolute Gasteiger partial charge is 0.338 e. The van der Waals surface area contributed by atoms with E-state index in [2.05, 4.69) is 28.3 Å². The predicted octanol–water partition coefficient (Wildman–Crippen LogP) is 2.06. The Morgan fingerprint density at radius 2 is 2.04 bits per heavy atom. The molecule has 8 heteroatoms. The van der Waals surface area contributed by atoms with Gasteiger partial charge in [-0.3, -0.25) is 18.7 Å². The van der Waals surface area contributed by atoms with Gasteiger partial charge in [-0.15, -0.1) is 0 Å². The van der Waals surface area contributed by atoms with Crippen LogP contribution in [-0.2, 0) is 31.9 Å². The first-order valence-electron chi connectivity index (χ1n) is 9.28. The van der Waals surface area contributed by atoms with Crippen molar-refractivity contribution in [3.05, 3.63) is 48.2 Å². The van der Waals surface area contributed by atoms with Gasteiger partial charge in [-0.1, -0.05) is 6.07 Å². The van der Waals surface area contributed by atoms with E-state index in [1.807, 2.05) is 47.0 Å². The third kappa shape index (κ3) is 2.52. The maximum atomic E-state index is 11.9. The molecule has 1 aliphatic heterocycles. The third-order valence-electron chi connectivity index (χ3n) is 5.48. The molecule has 0 unspecified atom stereocenters. The molecule has 0 N–H and O–H groups in total. The summed E-state index contributed by atoms with van der Waals surface area (Å²) in [5.41, 5.74) is 6.32. The quantitative estimate of drug-likeness (QED) is 0.538. The fourth-order valence-corrected chi connectivity index (χ4v) is 3.97. The van der Waals surface area contributed by atoms with Gasteiger partial charge >= 0.3 is 0 Å². The Kier molecular flexibility index (Phi) is 3.61. The van der Waals surface area contributed by atoms with E-state index in [-0.39, 0.29) is 5.91 Å². The van der Waals surface area contributed by atoms with Crippen molar-refractivity contribution in [3.63, 3.8) is 0 Å². The summed E-state index contributed by atoms with van der Waals surface area (Å²) in [6.45, 7) is 2.94. The third-order valence-corrected chi connectivity index (χ3v) is 5.48. The summed E-state index contributed by atoms with van der Waals surface area (Å²) < 4.78 is 5.74. The maximum Gasteiger partial charge on any atom is 0.219 e. The van der Waals surface area contributed by atoms with Gasteiger partial charge in [-0.05, 0) is 17.7 Å². The Labute approximate surface area is 162 Å². The fourth-order valence-electron chi connectivity index (χ4n) is 3.97. The zero-order valence-corrected chi connectivity index (χ0v) is 16.1. The minimum Gasteiger partial charge on any atom is -0.338 e. The van der Waals surface area contributed by atoms with Crippen LogP contribution >= 0.6 is 0 Å². The first kappa shape index (κ1) is 16.7. The second kappa shape index (κ2) is 6.05. The van der Waals surface area contributed by atoms with Crippen LogP contribution in [0, 0.1) is 0 Å². The Morgan fingerprint density at radius 3 is 2.79 bits per heavy atom. The van der Waals surface area contributed by atoms with Crippen LogP contribution in [0.3, 0.4) is 0 Å². The molecule has 5 rings (SSSR count). The number of aryl methyl sites for hydroxylation is 2. The molecule has 1 aromatic carbocycles. The lowest BCUT2D eigenvalue weighted by atomic mass is 10.1. The summed E-state index contributed by atoms with van der Waals surface area (Å²) in [6, 6.07) is 6.21. The molecule has 0 fully saturated rings. The average molecular weight is 375 g/mol. The highest BCUT2D eigenvalue weighted by atomic mass is 16.2. The van der Waals surface area contributed by atoms with Crippen molar-refractivity contribution in [1.82, 2.24) is 34.0 Å². The van der Waals surface area contributed by atoms with Gasteiger partial charge in [0, 0.05) is 57.0 Å². The molecule has 0 aliphatic carbocycles. The van der Waals surface area contributed by atoms with Crippen LogP contribution in [0.15, 0.2) is 36.9 Å². The van der Waals surface area contributed by atoms with Gasteiger partial charge in [0.2, 0.25) is 5.91 Å². The van der Waals surface area contributed by atoms with Crippen LogP contribution in [0.1, 0.15) is 18.2 Å². The van der Waals surface area contributed by atoms with E-state index in [9.17, 15) is 4.79 Å². The number of hydrogen-bond acceptors (Lipinski definition) is 4. The minimum absolute atomic E-state index is 0.0945. The van der Waals surface area contributed by atoms with Gasteiger partial charge in [0.05, 0.1) is 23.8 Å². The van der Waals surface area contributed by atoms with E-state index in [0.717, 1.165) is 46.5 Å². The van der Waals surface area contributed by atoms with Crippen LogP contribution in [0.2, 0.25) is 0 Å². The summed E-state index contributed by atoms with van der Waals surface area (Å²) in [6.07, 6.45) is 6.47. The number of amides is 1. The van der Waals surface area contributed by atoms with Crippen molar-refractivity contribution in [2.75, 3.05) is 6.54 Å². The average Bonchev–Trinajstić information content (AvgIpc) is 3.38. The molecule has 1 amide bonds. The molecule has 0 bridgehead atoms. The number of aromatic nitrogens is 6. The van der Waals surface area contributed by atoms with Crippen LogP contribution in [0.4, 0.5) is 0 Å². The number of fused-ring (bicyclic) bond motifs is 2. The summed E-state index contributed by atoms with van der Waals surface area (Å²) in [4.78, 5) is 18.3. The first-order chi connectivity index (χ1) is 13.5. The van der Waals surface area contributed by atoms with Gasteiger partial charge in [0.1, 0.15) is 6.33 Å². The smallest absolute Gasteiger partial charge is 0.219 e. The second-order valence-corrected chi connectivity index (χ2v) is 7.28. The first-order valence-corrected chi connectivity index (χ1v) is 9.28. The monoisotopic (exact) mass is 375 g/mol. The number of carbonyl (C=O) groups is 1. The van der Waals surface area contributed by atoms with Crippen LogP contribution < -0.4 is 0 Å². The van der Waals surface area contributed by atoms with Gasteiger partial charge < -0.3 is 4.90 Å². The van der Waals surface area contributed by atoms with Crippen LogP contribution in [-0.4, -0.2) is 46.5 Å². The molecule has 0 radical (unpaired) electrons. The molecule has 1 aliphatic rings. The maximum absolute atomic E-state index is 11.9. The second-order valence-electron chi connectivity index (χ2n) is 7.28. The Hall–Kier alpha value is -3.42. The lowest BCUT2D eigenvalue weighted by molar-refractivity contribution is -0.129. The van der Waals surface area contributed by atoms with E-state index < -0.39 is 0 Å². The van der Waals surface area contributed by atoms with Crippen molar-refractivity contribution in [2.24, 2.45) is 14.1 Å². The zero-order valence-electron chi connectivity index (χ0n) is 16.1. The molecular formula is C20H21N7O. The highest BCUT2D eigenvalue weighted by molar-refractivity contribution is 5.83. The van der Waals surface area contributed by atoms with Crippen molar-refractivity contribution >= 4 is 16.9 Å². The lowest BCUT2D eigenvalue weighted by Crippen LogP contribution is -2.34. The predicted molar refractivity (Wildman–Crippen MR) is 105 cm³/mol. The molecular weight excluding hydrogens is 354 g/mol. The van der Waals surface area contributed by atoms with E-state index >= 15 is 0 Å². The van der Waals surface area contributed by atoms with E-state index in [1.165, 1.54) is 5.69 Å². The molecule has 8 nitrogen and oxygen atoms in total. The van der Waals surface area contributed by atoms with Gasteiger partial charge in [-0.2, -0.15) is 10.2 Å².